The molecule has 1 N–H and O–H groups in total. The van der Waals surface area contributed by atoms with Gasteiger partial charge in [-0.1, -0.05) is 60.7 Å². The van der Waals surface area contributed by atoms with E-state index < -0.39 is 10.0 Å². The zero-order valence-corrected chi connectivity index (χ0v) is 16.4. The van der Waals surface area contributed by atoms with Gasteiger partial charge in [0.05, 0.1) is 24.2 Å². The number of fused-ring (bicyclic) bond motifs is 1. The van der Waals surface area contributed by atoms with Crippen molar-refractivity contribution in [1.82, 2.24) is 9.62 Å². The summed E-state index contributed by atoms with van der Waals surface area (Å²) in [5.74, 6) is 0. The average Bonchev–Trinajstić information content (AvgIpc) is 2.74. The molecular formula is C22H24N2O3S. The van der Waals surface area contributed by atoms with Crippen molar-refractivity contribution in [2.75, 3.05) is 32.8 Å². The number of benzene rings is 3. The van der Waals surface area contributed by atoms with Crippen LogP contribution in [0.25, 0.3) is 10.8 Å². The summed E-state index contributed by atoms with van der Waals surface area (Å²) >= 11 is 0. The van der Waals surface area contributed by atoms with Gasteiger partial charge in [-0.15, -0.1) is 0 Å². The molecule has 0 aliphatic carbocycles. The lowest BCUT2D eigenvalue weighted by molar-refractivity contribution is 0.0345. The number of hydrogen-bond acceptors (Lipinski definition) is 4. The van der Waals surface area contributed by atoms with E-state index in [1.54, 1.807) is 12.1 Å². The molecule has 0 amide bonds. The summed E-state index contributed by atoms with van der Waals surface area (Å²) in [5, 5.41) is 1.93. The van der Waals surface area contributed by atoms with Gasteiger partial charge < -0.3 is 4.74 Å². The second kappa shape index (κ2) is 8.41. The van der Waals surface area contributed by atoms with Gasteiger partial charge in [-0.05, 0) is 28.5 Å². The molecule has 0 spiro atoms. The molecule has 0 aromatic heterocycles. The Morgan fingerprint density at radius 3 is 2.32 bits per heavy atom. The van der Waals surface area contributed by atoms with E-state index in [4.69, 9.17) is 4.74 Å². The van der Waals surface area contributed by atoms with Crippen LogP contribution in [0.5, 0.6) is 0 Å². The van der Waals surface area contributed by atoms with Crippen LogP contribution < -0.4 is 4.72 Å². The summed E-state index contributed by atoms with van der Waals surface area (Å²) in [7, 11) is -3.66. The monoisotopic (exact) mass is 396 g/mol. The van der Waals surface area contributed by atoms with Crippen molar-refractivity contribution in [3.05, 3.63) is 78.4 Å². The molecule has 1 aliphatic heterocycles. The molecule has 1 saturated heterocycles. The van der Waals surface area contributed by atoms with Gasteiger partial charge in [-0.3, -0.25) is 4.90 Å². The normalized spacial score (nSPS) is 16.9. The van der Waals surface area contributed by atoms with E-state index in [1.165, 1.54) is 0 Å². The molecular weight excluding hydrogens is 372 g/mol. The third kappa shape index (κ3) is 4.42. The van der Waals surface area contributed by atoms with E-state index in [0.29, 0.717) is 19.8 Å². The van der Waals surface area contributed by atoms with E-state index in [1.807, 2.05) is 60.7 Å². The zero-order valence-electron chi connectivity index (χ0n) is 15.6. The lowest BCUT2D eigenvalue weighted by atomic mass is 10.1. The number of morpholine rings is 1. The molecule has 0 bridgehead atoms. The highest BCUT2D eigenvalue weighted by Crippen LogP contribution is 2.22. The van der Waals surface area contributed by atoms with Crippen molar-refractivity contribution >= 4 is 20.8 Å². The molecule has 1 unspecified atom stereocenters. The number of sulfonamides is 1. The van der Waals surface area contributed by atoms with Crippen LogP contribution in [0.2, 0.25) is 0 Å². The number of rotatable bonds is 6. The molecule has 1 atom stereocenters. The highest BCUT2D eigenvalue weighted by atomic mass is 32.2. The first-order valence-electron chi connectivity index (χ1n) is 9.48. The van der Waals surface area contributed by atoms with Gasteiger partial charge in [0.25, 0.3) is 0 Å². The number of nitrogens with zero attached hydrogens (tertiary/aromatic N) is 1. The van der Waals surface area contributed by atoms with Crippen LogP contribution in [-0.4, -0.2) is 46.2 Å². The maximum absolute atomic E-state index is 13.1. The molecule has 3 aromatic carbocycles. The SMILES string of the molecule is O=S(=O)(NC(CN1CCOCC1)c1ccccc1)c1ccc2ccccc2c1. The first kappa shape index (κ1) is 19.1. The first-order chi connectivity index (χ1) is 13.6. The van der Waals surface area contributed by atoms with Crippen molar-refractivity contribution in [2.45, 2.75) is 10.9 Å². The third-order valence-electron chi connectivity index (χ3n) is 5.08. The van der Waals surface area contributed by atoms with Gasteiger partial charge in [0.1, 0.15) is 0 Å². The van der Waals surface area contributed by atoms with Crippen LogP contribution in [-0.2, 0) is 14.8 Å². The van der Waals surface area contributed by atoms with Gasteiger partial charge in [-0.2, -0.15) is 0 Å². The van der Waals surface area contributed by atoms with E-state index in [9.17, 15) is 8.42 Å². The number of nitrogens with one attached hydrogen (secondary N) is 1. The predicted molar refractivity (Wildman–Crippen MR) is 111 cm³/mol. The van der Waals surface area contributed by atoms with Crippen molar-refractivity contribution in [3.8, 4) is 0 Å². The minimum absolute atomic E-state index is 0.286. The Hall–Kier alpha value is -2.25. The summed E-state index contributed by atoms with van der Waals surface area (Å²) in [6.45, 7) is 3.58. The second-order valence-electron chi connectivity index (χ2n) is 7.01. The molecule has 1 heterocycles. The Morgan fingerprint density at radius 1 is 0.893 bits per heavy atom. The van der Waals surface area contributed by atoms with Crippen LogP contribution >= 0.6 is 0 Å². The predicted octanol–water partition coefficient (Wildman–Crippen LogP) is 3.19. The standard InChI is InChI=1S/C22H24N2O3S/c25-28(26,21-11-10-18-6-4-5-9-20(18)16-21)23-22(19-7-2-1-3-8-19)17-24-12-14-27-15-13-24/h1-11,16,22-23H,12-15,17H2. The Balaban J connectivity index is 1.61. The van der Waals surface area contributed by atoms with Crippen LogP contribution in [0.3, 0.4) is 0 Å². The van der Waals surface area contributed by atoms with E-state index in [2.05, 4.69) is 9.62 Å². The molecule has 0 radical (unpaired) electrons. The average molecular weight is 397 g/mol. The third-order valence-corrected chi connectivity index (χ3v) is 6.54. The maximum atomic E-state index is 13.1. The Bertz CT molecular complexity index is 1030. The smallest absolute Gasteiger partial charge is 0.241 e. The lowest BCUT2D eigenvalue weighted by Gasteiger charge is -2.31. The van der Waals surface area contributed by atoms with Crippen molar-refractivity contribution in [3.63, 3.8) is 0 Å². The summed E-state index contributed by atoms with van der Waals surface area (Å²) in [5.41, 5.74) is 0.957. The number of ether oxygens (including phenoxy) is 1. The fraction of sp³-hybridized carbons (Fsp3) is 0.273. The molecule has 4 rings (SSSR count). The van der Waals surface area contributed by atoms with Crippen LogP contribution in [0.15, 0.2) is 77.7 Å². The minimum Gasteiger partial charge on any atom is -0.379 e. The highest BCUT2D eigenvalue weighted by Gasteiger charge is 2.24. The molecule has 0 saturated carbocycles. The quantitative estimate of drug-likeness (QED) is 0.695. The molecule has 5 nitrogen and oxygen atoms in total. The summed E-state index contributed by atoms with van der Waals surface area (Å²) in [6, 6.07) is 22.4. The Kier molecular flexibility index (Phi) is 5.73. The molecule has 6 heteroatoms. The molecule has 1 aliphatic rings. The largest absolute Gasteiger partial charge is 0.379 e. The topological polar surface area (TPSA) is 58.6 Å². The Labute approximate surface area is 166 Å². The summed E-state index contributed by atoms with van der Waals surface area (Å²) in [6.07, 6.45) is 0. The first-order valence-corrected chi connectivity index (χ1v) is 11.0. The lowest BCUT2D eigenvalue weighted by Crippen LogP contribution is -2.43. The minimum atomic E-state index is -3.66. The fourth-order valence-electron chi connectivity index (χ4n) is 3.53. The molecule has 1 fully saturated rings. The number of hydrogen-bond donors (Lipinski definition) is 1. The van der Waals surface area contributed by atoms with Crippen LogP contribution in [0.1, 0.15) is 11.6 Å². The van der Waals surface area contributed by atoms with Crippen LogP contribution in [0, 0.1) is 0 Å². The van der Waals surface area contributed by atoms with E-state index in [0.717, 1.165) is 29.4 Å². The second-order valence-corrected chi connectivity index (χ2v) is 8.72. The summed E-state index contributed by atoms with van der Waals surface area (Å²) in [4.78, 5) is 2.53. The van der Waals surface area contributed by atoms with Crippen molar-refractivity contribution in [1.29, 1.82) is 0 Å². The summed E-state index contributed by atoms with van der Waals surface area (Å²) < 4.78 is 34.6. The highest BCUT2D eigenvalue weighted by molar-refractivity contribution is 7.89. The molecule has 3 aromatic rings. The van der Waals surface area contributed by atoms with Gasteiger partial charge in [0, 0.05) is 19.6 Å². The zero-order chi connectivity index (χ0) is 19.4. The van der Waals surface area contributed by atoms with Gasteiger partial charge in [0.2, 0.25) is 10.0 Å². The van der Waals surface area contributed by atoms with Crippen molar-refractivity contribution < 1.29 is 13.2 Å². The van der Waals surface area contributed by atoms with E-state index >= 15 is 0 Å². The molecule has 28 heavy (non-hydrogen) atoms. The van der Waals surface area contributed by atoms with Gasteiger partial charge >= 0.3 is 0 Å². The molecule has 146 valence electrons. The maximum Gasteiger partial charge on any atom is 0.241 e. The van der Waals surface area contributed by atoms with Gasteiger partial charge in [-0.25, -0.2) is 13.1 Å². The fourth-order valence-corrected chi connectivity index (χ4v) is 4.78. The Morgan fingerprint density at radius 2 is 1.57 bits per heavy atom. The van der Waals surface area contributed by atoms with Crippen LogP contribution in [0.4, 0.5) is 0 Å². The van der Waals surface area contributed by atoms with Crippen molar-refractivity contribution in [2.24, 2.45) is 0 Å². The van der Waals surface area contributed by atoms with E-state index in [-0.39, 0.29) is 10.9 Å². The van der Waals surface area contributed by atoms with Gasteiger partial charge in [0.15, 0.2) is 0 Å².